The molecule has 5 heteroatoms. The Morgan fingerprint density at radius 1 is 1.25 bits per heavy atom. The van der Waals surface area contributed by atoms with E-state index in [4.69, 9.17) is 10.8 Å². The van der Waals surface area contributed by atoms with Crippen LogP contribution in [0.1, 0.15) is 10.4 Å². The van der Waals surface area contributed by atoms with Crippen molar-refractivity contribution in [1.82, 2.24) is 0 Å². The predicted octanol–water partition coefficient (Wildman–Crippen LogP) is 3.65. The lowest BCUT2D eigenvalue weighted by atomic mass is 10.1. The van der Waals surface area contributed by atoms with E-state index in [2.05, 4.69) is 31.9 Å². The lowest BCUT2D eigenvalue weighted by Gasteiger charge is -2.08. The second-order valence-electron chi connectivity index (χ2n) is 3.32. The van der Waals surface area contributed by atoms with Crippen LogP contribution in [-0.4, -0.2) is 11.1 Å². The molecule has 0 aliphatic heterocycles. The predicted molar refractivity (Wildman–Crippen MR) is 70.7 cm³/mol. The second-order valence-corrected chi connectivity index (χ2v) is 5.03. The van der Waals surface area contributed by atoms with Crippen LogP contribution in [0, 0.1) is 0 Å². The van der Waals surface area contributed by atoms with E-state index in [1.54, 1.807) is 6.07 Å². The number of nitrogen functional groups attached to an aromatic ring is 1. The molecule has 0 aliphatic rings. The number of benzene rings is 2. The molecule has 0 aliphatic carbocycles. The Labute approximate surface area is 109 Å². The largest absolute Gasteiger partial charge is 0.478 e. The molecular formula is C11H7Br2NO2. The van der Waals surface area contributed by atoms with E-state index < -0.39 is 5.97 Å². The molecule has 0 atom stereocenters. The maximum absolute atomic E-state index is 11.0. The third kappa shape index (κ3) is 1.81. The van der Waals surface area contributed by atoms with Gasteiger partial charge in [-0.3, -0.25) is 0 Å². The van der Waals surface area contributed by atoms with Gasteiger partial charge in [-0.25, -0.2) is 4.79 Å². The lowest BCUT2D eigenvalue weighted by Crippen LogP contribution is -2.03. The number of hydrogen-bond acceptors (Lipinski definition) is 2. The van der Waals surface area contributed by atoms with Crippen molar-refractivity contribution in [2.75, 3.05) is 5.73 Å². The number of fused-ring (bicyclic) bond motifs is 1. The zero-order chi connectivity index (χ0) is 11.9. The maximum atomic E-state index is 11.0. The molecule has 0 saturated heterocycles. The molecule has 3 nitrogen and oxygen atoms in total. The number of anilines is 1. The van der Waals surface area contributed by atoms with E-state index in [1.807, 2.05) is 18.2 Å². The Hall–Kier alpha value is -1.07. The van der Waals surface area contributed by atoms with Gasteiger partial charge in [-0.05, 0) is 44.9 Å². The van der Waals surface area contributed by atoms with Crippen LogP contribution in [0.3, 0.4) is 0 Å². The summed E-state index contributed by atoms with van der Waals surface area (Å²) in [6.45, 7) is 0. The van der Waals surface area contributed by atoms with Crippen molar-refractivity contribution in [3.8, 4) is 0 Å². The minimum atomic E-state index is -1.03. The summed E-state index contributed by atoms with van der Waals surface area (Å²) >= 11 is 6.66. The molecule has 0 bridgehead atoms. The van der Waals surface area contributed by atoms with Gasteiger partial charge in [-0.1, -0.05) is 22.0 Å². The highest BCUT2D eigenvalue weighted by Crippen LogP contribution is 2.34. The molecule has 2 aromatic rings. The molecule has 0 saturated carbocycles. The van der Waals surface area contributed by atoms with Crippen LogP contribution in [0.5, 0.6) is 0 Å². The summed E-state index contributed by atoms with van der Waals surface area (Å²) in [7, 11) is 0. The van der Waals surface area contributed by atoms with Gasteiger partial charge in [0, 0.05) is 8.95 Å². The molecule has 2 aromatic carbocycles. The molecule has 0 amide bonds. The second kappa shape index (κ2) is 4.07. The Kier molecular flexibility index (Phi) is 2.90. The van der Waals surface area contributed by atoms with Gasteiger partial charge in [0.15, 0.2) is 0 Å². The van der Waals surface area contributed by atoms with Gasteiger partial charge in [0.05, 0.1) is 11.3 Å². The van der Waals surface area contributed by atoms with Gasteiger partial charge in [-0.2, -0.15) is 0 Å². The van der Waals surface area contributed by atoms with E-state index in [0.29, 0.717) is 4.47 Å². The summed E-state index contributed by atoms with van der Waals surface area (Å²) in [6, 6.07) is 7.19. The van der Waals surface area contributed by atoms with Crippen LogP contribution in [0.25, 0.3) is 10.8 Å². The van der Waals surface area contributed by atoms with Crippen molar-refractivity contribution in [1.29, 1.82) is 0 Å². The first-order valence-corrected chi connectivity index (χ1v) is 6.00. The highest BCUT2D eigenvalue weighted by molar-refractivity contribution is 9.11. The molecule has 0 unspecified atom stereocenters. The molecule has 3 N–H and O–H groups in total. The third-order valence-corrected chi connectivity index (χ3v) is 3.65. The molecule has 0 heterocycles. The number of carbonyl (C=O) groups is 1. The molecule has 0 fully saturated rings. The summed E-state index contributed by atoms with van der Waals surface area (Å²) in [6.07, 6.45) is 0. The van der Waals surface area contributed by atoms with Crippen molar-refractivity contribution >= 4 is 54.3 Å². The minimum Gasteiger partial charge on any atom is -0.478 e. The van der Waals surface area contributed by atoms with Crippen LogP contribution < -0.4 is 5.73 Å². The third-order valence-electron chi connectivity index (χ3n) is 2.31. The Bertz CT molecular complexity index is 596. The summed E-state index contributed by atoms with van der Waals surface area (Å²) < 4.78 is 1.52. The molecule has 0 radical (unpaired) electrons. The summed E-state index contributed by atoms with van der Waals surface area (Å²) in [4.78, 5) is 11.0. The van der Waals surface area contributed by atoms with Crippen LogP contribution in [-0.2, 0) is 0 Å². The fourth-order valence-electron chi connectivity index (χ4n) is 1.53. The van der Waals surface area contributed by atoms with Crippen LogP contribution in [0.15, 0.2) is 33.2 Å². The van der Waals surface area contributed by atoms with Gasteiger partial charge >= 0.3 is 5.97 Å². The first-order chi connectivity index (χ1) is 7.50. The molecule has 0 spiro atoms. The van der Waals surface area contributed by atoms with Crippen LogP contribution >= 0.6 is 31.9 Å². The fraction of sp³-hybridized carbons (Fsp3) is 0. The maximum Gasteiger partial charge on any atom is 0.337 e. The summed E-state index contributed by atoms with van der Waals surface area (Å²) in [5.41, 5.74) is 6.11. The summed E-state index contributed by atoms with van der Waals surface area (Å²) in [5.74, 6) is -1.03. The van der Waals surface area contributed by atoms with Crippen molar-refractivity contribution in [3.05, 3.63) is 38.8 Å². The highest BCUT2D eigenvalue weighted by Gasteiger charge is 2.13. The van der Waals surface area contributed by atoms with Gasteiger partial charge < -0.3 is 10.8 Å². The SMILES string of the molecule is Nc1c(C(=O)O)cc2cc(Br)ccc2c1Br. The highest BCUT2D eigenvalue weighted by atomic mass is 79.9. The first-order valence-electron chi connectivity index (χ1n) is 4.41. The van der Waals surface area contributed by atoms with Gasteiger partial charge in [0.25, 0.3) is 0 Å². The molecular weight excluding hydrogens is 338 g/mol. The molecule has 82 valence electrons. The quantitative estimate of drug-likeness (QED) is 0.776. The van der Waals surface area contributed by atoms with E-state index in [9.17, 15) is 4.79 Å². The Morgan fingerprint density at radius 3 is 2.56 bits per heavy atom. The smallest absolute Gasteiger partial charge is 0.337 e. The van der Waals surface area contributed by atoms with Crippen LogP contribution in [0.4, 0.5) is 5.69 Å². The number of carboxylic acids is 1. The Balaban J connectivity index is 2.88. The first kappa shape index (κ1) is 11.4. The average molecular weight is 345 g/mol. The van der Waals surface area contributed by atoms with E-state index in [0.717, 1.165) is 15.2 Å². The number of nitrogens with two attached hydrogens (primary N) is 1. The van der Waals surface area contributed by atoms with Gasteiger partial charge in [0.2, 0.25) is 0 Å². The van der Waals surface area contributed by atoms with Gasteiger partial charge in [0.1, 0.15) is 0 Å². The number of hydrogen-bond donors (Lipinski definition) is 2. The molecule has 2 rings (SSSR count). The monoisotopic (exact) mass is 343 g/mol. The number of halogens is 2. The van der Waals surface area contributed by atoms with E-state index in [1.165, 1.54) is 0 Å². The minimum absolute atomic E-state index is 0.109. The fourth-order valence-corrected chi connectivity index (χ4v) is 2.48. The Morgan fingerprint density at radius 2 is 1.94 bits per heavy atom. The standard InChI is InChI=1S/C11H7Br2NO2/c12-6-1-2-7-5(3-6)4-8(11(15)16)10(14)9(7)13/h1-4H,14H2,(H,15,16). The number of rotatable bonds is 1. The molecule has 16 heavy (non-hydrogen) atoms. The van der Waals surface area contributed by atoms with Crippen molar-refractivity contribution in [3.63, 3.8) is 0 Å². The average Bonchev–Trinajstić information content (AvgIpc) is 2.22. The lowest BCUT2D eigenvalue weighted by molar-refractivity contribution is 0.0698. The zero-order valence-electron chi connectivity index (χ0n) is 8.00. The topological polar surface area (TPSA) is 63.3 Å². The molecule has 0 aromatic heterocycles. The van der Waals surface area contributed by atoms with E-state index >= 15 is 0 Å². The van der Waals surface area contributed by atoms with Crippen molar-refractivity contribution in [2.45, 2.75) is 0 Å². The zero-order valence-corrected chi connectivity index (χ0v) is 11.2. The van der Waals surface area contributed by atoms with E-state index in [-0.39, 0.29) is 11.3 Å². The number of aromatic carboxylic acids is 1. The van der Waals surface area contributed by atoms with Crippen molar-refractivity contribution < 1.29 is 9.90 Å². The van der Waals surface area contributed by atoms with Crippen LogP contribution in [0.2, 0.25) is 0 Å². The van der Waals surface area contributed by atoms with Gasteiger partial charge in [-0.15, -0.1) is 0 Å². The summed E-state index contributed by atoms with van der Waals surface area (Å²) in [5, 5.41) is 10.7. The number of carboxylic acid groups (broad SMARTS) is 1. The normalized spacial score (nSPS) is 10.6. The van der Waals surface area contributed by atoms with Crippen molar-refractivity contribution in [2.24, 2.45) is 0 Å².